The van der Waals surface area contributed by atoms with Crippen molar-refractivity contribution in [1.82, 2.24) is 10.3 Å². The van der Waals surface area contributed by atoms with Crippen LogP contribution in [-0.2, 0) is 4.74 Å². The van der Waals surface area contributed by atoms with Gasteiger partial charge in [-0.25, -0.2) is 0 Å². The fourth-order valence-electron chi connectivity index (χ4n) is 1.63. The third-order valence-corrected chi connectivity index (χ3v) is 3.33. The van der Waals surface area contributed by atoms with Crippen LogP contribution in [0.15, 0.2) is 5.38 Å². The zero-order chi connectivity index (χ0) is 11.6. The number of aromatic nitrogens is 1. The van der Waals surface area contributed by atoms with Gasteiger partial charge in [0, 0.05) is 18.5 Å². The molecule has 16 heavy (non-hydrogen) atoms. The van der Waals surface area contributed by atoms with Crippen LogP contribution in [0.2, 0.25) is 5.15 Å². The highest BCUT2D eigenvalue weighted by Crippen LogP contribution is 2.22. The van der Waals surface area contributed by atoms with E-state index in [9.17, 15) is 0 Å². The number of hydrogen-bond acceptors (Lipinski definition) is 5. The van der Waals surface area contributed by atoms with Gasteiger partial charge in [0.2, 0.25) is 0 Å². The average Bonchev–Trinajstić information content (AvgIpc) is 2.60. The fraction of sp³-hybridized carbons (Fsp3) is 0.700. The van der Waals surface area contributed by atoms with Crippen molar-refractivity contribution in [3.63, 3.8) is 0 Å². The van der Waals surface area contributed by atoms with Crippen LogP contribution in [0.1, 0.15) is 13.8 Å². The predicted molar refractivity (Wildman–Crippen MR) is 64.4 cm³/mol. The van der Waals surface area contributed by atoms with Crippen molar-refractivity contribution < 1.29 is 9.47 Å². The molecule has 1 N–H and O–H groups in total. The van der Waals surface area contributed by atoms with Gasteiger partial charge in [-0.2, -0.15) is 4.98 Å². The molecular formula is C10H15ClN2O2S. The summed E-state index contributed by atoms with van der Waals surface area (Å²) >= 11 is 7.10. The van der Waals surface area contributed by atoms with Crippen molar-refractivity contribution in [1.29, 1.82) is 0 Å². The molecule has 1 aliphatic rings. The maximum atomic E-state index is 5.86. The van der Waals surface area contributed by atoms with Crippen molar-refractivity contribution >= 4 is 22.9 Å². The van der Waals surface area contributed by atoms with Gasteiger partial charge in [-0.1, -0.05) is 22.9 Å². The molecule has 0 bridgehead atoms. The summed E-state index contributed by atoms with van der Waals surface area (Å²) in [6.07, 6.45) is 0.0615. The minimum atomic E-state index is -0.132. The SMILES string of the molecule is CC1(C)CNCC(COc2nc(Cl)cs2)O1. The van der Waals surface area contributed by atoms with Crippen molar-refractivity contribution in [3.8, 4) is 5.19 Å². The van der Waals surface area contributed by atoms with Gasteiger partial charge in [0.05, 0.1) is 5.60 Å². The maximum absolute atomic E-state index is 5.86. The molecule has 2 heterocycles. The summed E-state index contributed by atoms with van der Waals surface area (Å²) in [6, 6.07) is 0. The molecule has 0 aliphatic carbocycles. The third-order valence-electron chi connectivity index (χ3n) is 2.26. The Kier molecular flexibility index (Phi) is 3.69. The molecule has 2 rings (SSSR count). The van der Waals surface area contributed by atoms with E-state index in [1.165, 1.54) is 11.3 Å². The second-order valence-electron chi connectivity index (χ2n) is 4.38. The number of hydrogen-bond donors (Lipinski definition) is 1. The van der Waals surface area contributed by atoms with Gasteiger partial charge in [-0.15, -0.1) is 0 Å². The Balaban J connectivity index is 1.82. The van der Waals surface area contributed by atoms with Gasteiger partial charge in [-0.05, 0) is 13.8 Å². The quantitative estimate of drug-likeness (QED) is 0.904. The van der Waals surface area contributed by atoms with Crippen LogP contribution in [-0.4, -0.2) is 36.4 Å². The highest BCUT2D eigenvalue weighted by molar-refractivity contribution is 7.11. The van der Waals surface area contributed by atoms with E-state index in [-0.39, 0.29) is 11.7 Å². The van der Waals surface area contributed by atoms with E-state index < -0.39 is 0 Å². The number of ether oxygens (including phenoxy) is 2. The first kappa shape index (κ1) is 12.1. The molecule has 0 saturated carbocycles. The van der Waals surface area contributed by atoms with E-state index in [1.54, 1.807) is 5.38 Å². The highest BCUT2D eigenvalue weighted by Gasteiger charge is 2.28. The lowest BCUT2D eigenvalue weighted by molar-refractivity contribution is -0.107. The Hall–Kier alpha value is -0.360. The van der Waals surface area contributed by atoms with Gasteiger partial charge in [0.25, 0.3) is 5.19 Å². The molecule has 1 aliphatic heterocycles. The molecule has 6 heteroatoms. The summed E-state index contributed by atoms with van der Waals surface area (Å²) in [4.78, 5) is 4.02. The normalized spacial score (nSPS) is 24.3. The second kappa shape index (κ2) is 4.87. The van der Waals surface area contributed by atoms with Crippen molar-refractivity contribution in [2.75, 3.05) is 19.7 Å². The van der Waals surface area contributed by atoms with Crippen LogP contribution < -0.4 is 10.1 Å². The number of morpholine rings is 1. The van der Waals surface area contributed by atoms with E-state index in [0.717, 1.165) is 13.1 Å². The molecule has 90 valence electrons. The van der Waals surface area contributed by atoms with Crippen molar-refractivity contribution in [3.05, 3.63) is 10.5 Å². The van der Waals surface area contributed by atoms with Gasteiger partial charge in [-0.3, -0.25) is 0 Å². The number of rotatable bonds is 3. The lowest BCUT2D eigenvalue weighted by atomic mass is 10.1. The average molecular weight is 263 g/mol. The van der Waals surface area contributed by atoms with Crippen LogP contribution >= 0.6 is 22.9 Å². The Labute approximate surface area is 104 Å². The highest BCUT2D eigenvalue weighted by atomic mass is 35.5. The second-order valence-corrected chi connectivity index (χ2v) is 5.59. The van der Waals surface area contributed by atoms with Crippen LogP contribution in [0.25, 0.3) is 0 Å². The molecule has 1 saturated heterocycles. The molecule has 1 aromatic rings. The number of halogens is 1. The molecule has 1 atom stereocenters. The molecule has 0 aromatic carbocycles. The summed E-state index contributed by atoms with van der Waals surface area (Å²) in [5.41, 5.74) is -0.132. The van der Waals surface area contributed by atoms with Gasteiger partial charge in [0.1, 0.15) is 17.9 Å². The zero-order valence-electron chi connectivity index (χ0n) is 9.33. The monoisotopic (exact) mass is 262 g/mol. The van der Waals surface area contributed by atoms with Crippen LogP contribution in [0.3, 0.4) is 0 Å². The topological polar surface area (TPSA) is 43.4 Å². The predicted octanol–water partition coefficient (Wildman–Crippen LogP) is 1.94. The van der Waals surface area contributed by atoms with E-state index in [4.69, 9.17) is 21.1 Å². The van der Waals surface area contributed by atoms with Crippen LogP contribution in [0.5, 0.6) is 5.19 Å². The summed E-state index contributed by atoms with van der Waals surface area (Å²) in [5, 5.41) is 6.14. The molecule has 4 nitrogen and oxygen atoms in total. The standard InChI is InChI=1S/C10H15ClN2O2S/c1-10(2)6-12-3-7(15-10)4-14-9-13-8(11)5-16-9/h5,7,12H,3-4,6H2,1-2H3. The maximum Gasteiger partial charge on any atom is 0.274 e. The zero-order valence-corrected chi connectivity index (χ0v) is 10.9. The molecule has 0 amide bonds. The van der Waals surface area contributed by atoms with Gasteiger partial charge < -0.3 is 14.8 Å². The Morgan fingerprint density at radius 1 is 1.75 bits per heavy atom. The lowest BCUT2D eigenvalue weighted by Crippen LogP contribution is -2.52. The van der Waals surface area contributed by atoms with Crippen LogP contribution in [0, 0.1) is 0 Å². The smallest absolute Gasteiger partial charge is 0.274 e. The Bertz CT molecular complexity index is 356. The Morgan fingerprint density at radius 2 is 2.56 bits per heavy atom. The van der Waals surface area contributed by atoms with E-state index >= 15 is 0 Å². The molecule has 0 spiro atoms. The van der Waals surface area contributed by atoms with Crippen molar-refractivity contribution in [2.24, 2.45) is 0 Å². The van der Waals surface area contributed by atoms with Crippen LogP contribution in [0.4, 0.5) is 0 Å². The molecular weight excluding hydrogens is 248 g/mol. The minimum Gasteiger partial charge on any atom is -0.467 e. The first-order valence-electron chi connectivity index (χ1n) is 5.17. The fourth-order valence-corrected chi connectivity index (χ4v) is 2.43. The Morgan fingerprint density at radius 3 is 3.19 bits per heavy atom. The van der Waals surface area contributed by atoms with Crippen molar-refractivity contribution in [2.45, 2.75) is 25.6 Å². The summed E-state index contributed by atoms with van der Waals surface area (Å²) in [5.74, 6) is 0. The summed E-state index contributed by atoms with van der Waals surface area (Å²) in [6.45, 7) is 6.30. The van der Waals surface area contributed by atoms with Gasteiger partial charge >= 0.3 is 0 Å². The first-order valence-corrected chi connectivity index (χ1v) is 6.43. The molecule has 1 aromatic heterocycles. The lowest BCUT2D eigenvalue weighted by Gasteiger charge is -2.36. The number of nitrogens with one attached hydrogen (secondary N) is 1. The molecule has 1 unspecified atom stereocenters. The van der Waals surface area contributed by atoms with E-state index in [0.29, 0.717) is 17.0 Å². The number of thiazole rings is 1. The molecule has 1 fully saturated rings. The molecule has 0 radical (unpaired) electrons. The third kappa shape index (κ3) is 3.31. The summed E-state index contributed by atoms with van der Waals surface area (Å²) in [7, 11) is 0. The van der Waals surface area contributed by atoms with Gasteiger partial charge in [0.15, 0.2) is 0 Å². The summed E-state index contributed by atoms with van der Waals surface area (Å²) < 4.78 is 11.4. The van der Waals surface area contributed by atoms with E-state index in [1.807, 2.05) is 0 Å². The minimum absolute atomic E-state index is 0.0615. The van der Waals surface area contributed by atoms with E-state index in [2.05, 4.69) is 24.1 Å². The first-order chi connectivity index (χ1) is 7.55. The number of nitrogens with zero attached hydrogens (tertiary/aromatic N) is 1. The largest absolute Gasteiger partial charge is 0.467 e.